The molecule has 1 unspecified atom stereocenters. The standard InChI is InChI=1S/C11H19N3O2S/c1-7(5-15)17-6-10(16)12-11-8(2)13-14(4)9(11)3/h7,15H,5-6H2,1-4H3,(H,12,16). The molecule has 6 heteroatoms. The van der Waals surface area contributed by atoms with Crippen LogP contribution >= 0.6 is 11.8 Å². The summed E-state index contributed by atoms with van der Waals surface area (Å²) in [5.74, 6) is 0.282. The fourth-order valence-electron chi connectivity index (χ4n) is 1.40. The van der Waals surface area contributed by atoms with Crippen LogP contribution in [0.3, 0.4) is 0 Å². The number of hydrogen-bond acceptors (Lipinski definition) is 4. The van der Waals surface area contributed by atoms with Crippen molar-refractivity contribution in [2.75, 3.05) is 17.7 Å². The van der Waals surface area contributed by atoms with Crippen molar-refractivity contribution in [1.29, 1.82) is 0 Å². The van der Waals surface area contributed by atoms with Crippen LogP contribution in [0.2, 0.25) is 0 Å². The minimum Gasteiger partial charge on any atom is -0.395 e. The Morgan fingerprint density at radius 3 is 2.71 bits per heavy atom. The van der Waals surface area contributed by atoms with Crippen molar-refractivity contribution in [3.63, 3.8) is 0 Å². The first-order valence-corrected chi connectivity index (χ1v) is 6.53. The molecule has 1 heterocycles. The van der Waals surface area contributed by atoms with E-state index in [1.54, 1.807) is 4.68 Å². The van der Waals surface area contributed by atoms with Gasteiger partial charge in [-0.25, -0.2) is 0 Å². The zero-order chi connectivity index (χ0) is 13.0. The van der Waals surface area contributed by atoms with Crippen LogP contribution in [0, 0.1) is 13.8 Å². The molecule has 0 aliphatic carbocycles. The first kappa shape index (κ1) is 14.1. The average Bonchev–Trinajstić information content (AvgIpc) is 2.53. The lowest BCUT2D eigenvalue weighted by Gasteiger charge is -2.08. The molecule has 1 aromatic heterocycles. The van der Waals surface area contributed by atoms with Gasteiger partial charge < -0.3 is 10.4 Å². The summed E-state index contributed by atoms with van der Waals surface area (Å²) in [6, 6.07) is 0. The van der Waals surface area contributed by atoms with E-state index < -0.39 is 0 Å². The Hall–Kier alpha value is -1.01. The Morgan fingerprint density at radius 2 is 2.24 bits per heavy atom. The molecule has 0 saturated carbocycles. The molecule has 0 aromatic carbocycles. The van der Waals surface area contributed by atoms with Gasteiger partial charge in [0.1, 0.15) is 0 Å². The van der Waals surface area contributed by atoms with Gasteiger partial charge in [0.15, 0.2) is 0 Å². The van der Waals surface area contributed by atoms with E-state index in [1.807, 2.05) is 27.8 Å². The van der Waals surface area contributed by atoms with Crippen LogP contribution in [0.1, 0.15) is 18.3 Å². The van der Waals surface area contributed by atoms with Crippen molar-refractivity contribution in [3.05, 3.63) is 11.4 Å². The van der Waals surface area contributed by atoms with E-state index in [1.165, 1.54) is 11.8 Å². The molecule has 1 atom stereocenters. The summed E-state index contributed by atoms with van der Waals surface area (Å²) in [6.45, 7) is 5.76. The van der Waals surface area contributed by atoms with E-state index >= 15 is 0 Å². The molecular formula is C11H19N3O2S. The second-order valence-electron chi connectivity index (χ2n) is 4.02. The third kappa shape index (κ3) is 3.74. The van der Waals surface area contributed by atoms with Gasteiger partial charge in [-0.3, -0.25) is 9.48 Å². The van der Waals surface area contributed by atoms with Gasteiger partial charge in [-0.15, -0.1) is 11.8 Å². The van der Waals surface area contributed by atoms with E-state index in [-0.39, 0.29) is 17.8 Å². The van der Waals surface area contributed by atoms with Gasteiger partial charge in [0.25, 0.3) is 0 Å². The van der Waals surface area contributed by atoms with Crippen molar-refractivity contribution in [3.8, 4) is 0 Å². The van der Waals surface area contributed by atoms with E-state index in [2.05, 4.69) is 10.4 Å². The van der Waals surface area contributed by atoms with Gasteiger partial charge in [-0.1, -0.05) is 6.92 Å². The predicted molar refractivity (Wildman–Crippen MR) is 70.3 cm³/mol. The van der Waals surface area contributed by atoms with Crippen molar-refractivity contribution in [2.45, 2.75) is 26.0 Å². The van der Waals surface area contributed by atoms with Crippen molar-refractivity contribution in [2.24, 2.45) is 7.05 Å². The van der Waals surface area contributed by atoms with Crippen LogP contribution in [0.15, 0.2) is 0 Å². The number of aliphatic hydroxyl groups excluding tert-OH is 1. The lowest BCUT2D eigenvalue weighted by atomic mass is 10.3. The van der Waals surface area contributed by atoms with Gasteiger partial charge in [0.05, 0.1) is 29.4 Å². The maximum atomic E-state index is 11.7. The van der Waals surface area contributed by atoms with Crippen LogP contribution in [-0.2, 0) is 11.8 Å². The summed E-state index contributed by atoms with van der Waals surface area (Å²) in [6.07, 6.45) is 0. The quantitative estimate of drug-likeness (QED) is 0.828. The van der Waals surface area contributed by atoms with Gasteiger partial charge in [0, 0.05) is 12.3 Å². The molecular weight excluding hydrogens is 238 g/mol. The lowest BCUT2D eigenvalue weighted by Crippen LogP contribution is -2.17. The summed E-state index contributed by atoms with van der Waals surface area (Å²) in [7, 11) is 1.85. The smallest absolute Gasteiger partial charge is 0.234 e. The Kier molecular flexibility index (Phi) is 5.02. The predicted octanol–water partition coefficient (Wildman–Crippen LogP) is 1.09. The summed E-state index contributed by atoms with van der Waals surface area (Å²) in [5.41, 5.74) is 2.55. The molecule has 5 nitrogen and oxygen atoms in total. The number of rotatable bonds is 5. The number of aromatic nitrogens is 2. The molecule has 96 valence electrons. The van der Waals surface area contributed by atoms with E-state index in [0.717, 1.165) is 17.1 Å². The topological polar surface area (TPSA) is 67.2 Å². The summed E-state index contributed by atoms with van der Waals surface area (Å²) >= 11 is 1.43. The van der Waals surface area contributed by atoms with Crippen LogP contribution < -0.4 is 5.32 Å². The normalized spacial score (nSPS) is 12.5. The van der Waals surface area contributed by atoms with Crippen molar-refractivity contribution >= 4 is 23.4 Å². The van der Waals surface area contributed by atoms with Gasteiger partial charge in [0.2, 0.25) is 5.91 Å². The number of hydrogen-bond donors (Lipinski definition) is 2. The number of carbonyl (C=O) groups excluding carboxylic acids is 1. The summed E-state index contributed by atoms with van der Waals surface area (Å²) in [4.78, 5) is 11.7. The zero-order valence-electron chi connectivity index (χ0n) is 10.6. The third-order valence-electron chi connectivity index (χ3n) is 2.53. The minimum absolute atomic E-state index is 0.0606. The number of nitrogens with one attached hydrogen (secondary N) is 1. The molecule has 1 aromatic rings. The number of amides is 1. The van der Waals surface area contributed by atoms with Crippen molar-refractivity contribution < 1.29 is 9.90 Å². The SMILES string of the molecule is Cc1nn(C)c(C)c1NC(=O)CSC(C)CO. The van der Waals surface area contributed by atoms with Crippen LogP contribution in [0.4, 0.5) is 5.69 Å². The molecule has 0 saturated heterocycles. The largest absolute Gasteiger partial charge is 0.395 e. The highest BCUT2D eigenvalue weighted by Gasteiger charge is 2.13. The molecule has 1 rings (SSSR count). The van der Waals surface area contributed by atoms with E-state index in [0.29, 0.717) is 5.75 Å². The molecule has 0 aliphatic rings. The van der Waals surface area contributed by atoms with Crippen LogP contribution in [0.5, 0.6) is 0 Å². The van der Waals surface area contributed by atoms with Gasteiger partial charge >= 0.3 is 0 Å². The number of thioether (sulfide) groups is 1. The monoisotopic (exact) mass is 257 g/mol. The highest BCUT2D eigenvalue weighted by molar-refractivity contribution is 8.00. The number of nitrogens with zero attached hydrogens (tertiary/aromatic N) is 2. The number of aryl methyl sites for hydroxylation is 2. The zero-order valence-corrected chi connectivity index (χ0v) is 11.5. The van der Waals surface area contributed by atoms with E-state index in [4.69, 9.17) is 5.11 Å². The molecule has 0 fully saturated rings. The highest BCUT2D eigenvalue weighted by atomic mass is 32.2. The molecule has 1 amide bonds. The molecule has 0 bridgehead atoms. The van der Waals surface area contributed by atoms with Crippen LogP contribution in [0.25, 0.3) is 0 Å². The molecule has 0 aliphatic heterocycles. The first-order valence-electron chi connectivity index (χ1n) is 5.48. The lowest BCUT2D eigenvalue weighted by molar-refractivity contribution is -0.113. The second kappa shape index (κ2) is 6.07. The Morgan fingerprint density at radius 1 is 1.59 bits per heavy atom. The second-order valence-corrected chi connectivity index (χ2v) is 5.45. The maximum absolute atomic E-state index is 11.7. The highest BCUT2D eigenvalue weighted by Crippen LogP contribution is 2.19. The summed E-state index contributed by atoms with van der Waals surface area (Å²) in [5, 5.41) is 16.0. The fourth-order valence-corrected chi connectivity index (χ4v) is 2.01. The fraction of sp³-hybridized carbons (Fsp3) is 0.636. The molecule has 17 heavy (non-hydrogen) atoms. The maximum Gasteiger partial charge on any atom is 0.234 e. The Bertz CT molecular complexity index is 404. The summed E-state index contributed by atoms with van der Waals surface area (Å²) < 4.78 is 1.74. The number of carbonyl (C=O) groups is 1. The van der Waals surface area contributed by atoms with Gasteiger partial charge in [-0.2, -0.15) is 5.10 Å². The van der Waals surface area contributed by atoms with Crippen LogP contribution in [-0.4, -0.2) is 38.4 Å². The first-order chi connectivity index (χ1) is 7.95. The molecule has 0 spiro atoms. The molecule has 2 N–H and O–H groups in total. The average molecular weight is 257 g/mol. The number of aliphatic hydroxyl groups is 1. The Labute approximate surface area is 106 Å². The Balaban J connectivity index is 2.56. The van der Waals surface area contributed by atoms with E-state index in [9.17, 15) is 4.79 Å². The van der Waals surface area contributed by atoms with Crippen molar-refractivity contribution in [1.82, 2.24) is 9.78 Å². The van der Waals surface area contributed by atoms with Gasteiger partial charge in [-0.05, 0) is 13.8 Å². The third-order valence-corrected chi connectivity index (χ3v) is 3.68. The number of anilines is 1. The minimum atomic E-state index is -0.0606. The molecule has 0 radical (unpaired) electrons.